The van der Waals surface area contributed by atoms with Gasteiger partial charge < -0.3 is 5.11 Å². The average Bonchev–Trinajstić information content (AvgIpc) is 2.54. The molecule has 0 unspecified atom stereocenters. The molecule has 23 heavy (non-hydrogen) atoms. The number of halogens is 1. The standard InChI is InChI=1S/C16H12FNO4S/c1-3-11-5-4-6-12(9-11)18(2)23(21,22)13-7-8-15(17)14(10-13)16(19)20/h1,4-10H,2H3,(H,19,20). The van der Waals surface area contributed by atoms with Crippen molar-refractivity contribution in [3.8, 4) is 12.3 Å². The summed E-state index contributed by atoms with van der Waals surface area (Å²) in [5, 5.41) is 8.91. The number of benzene rings is 2. The number of rotatable bonds is 4. The van der Waals surface area contributed by atoms with E-state index in [9.17, 15) is 17.6 Å². The number of sulfonamides is 1. The maximum atomic E-state index is 13.4. The molecule has 0 aliphatic carbocycles. The topological polar surface area (TPSA) is 74.7 Å². The third-order valence-electron chi connectivity index (χ3n) is 3.20. The Bertz CT molecular complexity index is 916. The molecule has 7 heteroatoms. The molecule has 0 saturated heterocycles. The van der Waals surface area contributed by atoms with Crippen molar-refractivity contribution < 1.29 is 22.7 Å². The zero-order valence-electron chi connectivity index (χ0n) is 12.0. The van der Waals surface area contributed by atoms with Gasteiger partial charge in [0.1, 0.15) is 5.82 Å². The number of carboxylic acid groups (broad SMARTS) is 1. The highest BCUT2D eigenvalue weighted by Gasteiger charge is 2.24. The molecule has 0 radical (unpaired) electrons. The summed E-state index contributed by atoms with van der Waals surface area (Å²) < 4.78 is 39.5. The first-order chi connectivity index (χ1) is 10.8. The van der Waals surface area contributed by atoms with Crippen LogP contribution in [0.5, 0.6) is 0 Å². The number of aromatic carboxylic acids is 1. The van der Waals surface area contributed by atoms with Crippen LogP contribution in [0, 0.1) is 18.2 Å². The van der Waals surface area contributed by atoms with Crippen molar-refractivity contribution in [2.24, 2.45) is 0 Å². The van der Waals surface area contributed by atoms with Gasteiger partial charge in [0.2, 0.25) is 0 Å². The molecular weight excluding hydrogens is 321 g/mol. The van der Waals surface area contributed by atoms with Crippen molar-refractivity contribution in [2.75, 3.05) is 11.4 Å². The Balaban J connectivity index is 2.51. The van der Waals surface area contributed by atoms with Gasteiger partial charge in [-0.3, -0.25) is 4.31 Å². The molecule has 2 aromatic rings. The van der Waals surface area contributed by atoms with Crippen LogP contribution in [0.25, 0.3) is 0 Å². The van der Waals surface area contributed by atoms with E-state index in [-0.39, 0.29) is 4.90 Å². The highest BCUT2D eigenvalue weighted by Crippen LogP contribution is 2.24. The number of hydrogen-bond acceptors (Lipinski definition) is 3. The zero-order valence-corrected chi connectivity index (χ0v) is 12.8. The molecule has 0 bridgehead atoms. The van der Waals surface area contributed by atoms with Crippen molar-refractivity contribution in [1.82, 2.24) is 0 Å². The van der Waals surface area contributed by atoms with E-state index in [0.717, 1.165) is 22.5 Å². The van der Waals surface area contributed by atoms with Crippen LogP contribution in [-0.4, -0.2) is 26.5 Å². The predicted molar refractivity (Wildman–Crippen MR) is 83.3 cm³/mol. The van der Waals surface area contributed by atoms with Gasteiger partial charge >= 0.3 is 5.97 Å². The monoisotopic (exact) mass is 333 g/mol. The van der Waals surface area contributed by atoms with Gasteiger partial charge in [0.15, 0.2) is 0 Å². The number of hydrogen-bond donors (Lipinski definition) is 1. The second kappa shape index (κ2) is 6.10. The van der Waals surface area contributed by atoms with Crippen molar-refractivity contribution in [1.29, 1.82) is 0 Å². The summed E-state index contributed by atoms with van der Waals surface area (Å²) in [6.07, 6.45) is 5.28. The van der Waals surface area contributed by atoms with E-state index < -0.39 is 27.4 Å². The minimum Gasteiger partial charge on any atom is -0.478 e. The lowest BCUT2D eigenvalue weighted by Gasteiger charge is -2.20. The van der Waals surface area contributed by atoms with E-state index in [0.29, 0.717) is 11.3 Å². The molecule has 0 fully saturated rings. The number of nitrogens with zero attached hydrogens (tertiary/aromatic N) is 1. The van der Waals surface area contributed by atoms with E-state index in [2.05, 4.69) is 5.92 Å². The lowest BCUT2D eigenvalue weighted by molar-refractivity contribution is 0.0691. The fourth-order valence-corrected chi connectivity index (χ4v) is 3.13. The van der Waals surface area contributed by atoms with Gasteiger partial charge in [-0.15, -0.1) is 6.42 Å². The van der Waals surface area contributed by atoms with Gasteiger partial charge in [-0.05, 0) is 36.4 Å². The molecule has 1 N–H and O–H groups in total. The summed E-state index contributed by atoms with van der Waals surface area (Å²) in [6, 6.07) is 8.89. The summed E-state index contributed by atoms with van der Waals surface area (Å²) >= 11 is 0. The first-order valence-electron chi connectivity index (χ1n) is 6.36. The number of carboxylic acids is 1. The predicted octanol–water partition coefficient (Wildman–Crippen LogP) is 2.33. The fraction of sp³-hybridized carbons (Fsp3) is 0.0625. The minimum absolute atomic E-state index is 0.307. The van der Waals surface area contributed by atoms with Crippen molar-refractivity contribution in [3.63, 3.8) is 0 Å². The molecule has 0 amide bonds. The smallest absolute Gasteiger partial charge is 0.338 e. The molecule has 2 aromatic carbocycles. The Hall–Kier alpha value is -2.85. The first-order valence-corrected chi connectivity index (χ1v) is 7.80. The van der Waals surface area contributed by atoms with Gasteiger partial charge in [-0.2, -0.15) is 0 Å². The van der Waals surface area contributed by atoms with Crippen LogP contribution < -0.4 is 4.31 Å². The lowest BCUT2D eigenvalue weighted by atomic mass is 10.2. The van der Waals surface area contributed by atoms with E-state index in [1.807, 2.05) is 0 Å². The van der Waals surface area contributed by atoms with Gasteiger partial charge in [-0.1, -0.05) is 12.0 Å². The molecule has 0 aliphatic rings. The highest BCUT2D eigenvalue weighted by molar-refractivity contribution is 7.92. The second-order valence-electron chi connectivity index (χ2n) is 4.61. The lowest BCUT2D eigenvalue weighted by Crippen LogP contribution is -2.27. The molecule has 2 rings (SSSR count). The number of carbonyl (C=O) groups is 1. The van der Waals surface area contributed by atoms with E-state index in [1.165, 1.54) is 13.1 Å². The van der Waals surface area contributed by atoms with E-state index in [1.54, 1.807) is 18.2 Å². The van der Waals surface area contributed by atoms with Crippen LogP contribution in [0.1, 0.15) is 15.9 Å². The minimum atomic E-state index is -4.06. The van der Waals surface area contributed by atoms with Crippen molar-refractivity contribution in [3.05, 3.63) is 59.4 Å². The van der Waals surface area contributed by atoms with Crippen LogP contribution in [0.15, 0.2) is 47.4 Å². The van der Waals surface area contributed by atoms with Gasteiger partial charge in [0.05, 0.1) is 16.1 Å². The SMILES string of the molecule is C#Cc1cccc(N(C)S(=O)(=O)c2ccc(F)c(C(=O)O)c2)c1. The fourth-order valence-electron chi connectivity index (χ4n) is 1.92. The van der Waals surface area contributed by atoms with Crippen LogP contribution in [-0.2, 0) is 10.0 Å². The second-order valence-corrected chi connectivity index (χ2v) is 6.58. The number of anilines is 1. The largest absolute Gasteiger partial charge is 0.478 e. The molecule has 0 aromatic heterocycles. The van der Waals surface area contributed by atoms with Crippen molar-refractivity contribution in [2.45, 2.75) is 4.90 Å². The normalized spacial score (nSPS) is 10.8. The highest BCUT2D eigenvalue weighted by atomic mass is 32.2. The van der Waals surface area contributed by atoms with Gasteiger partial charge in [0, 0.05) is 12.6 Å². The van der Waals surface area contributed by atoms with Crippen LogP contribution >= 0.6 is 0 Å². The quantitative estimate of drug-likeness (QED) is 0.872. The molecule has 0 saturated carbocycles. The molecular formula is C16H12FNO4S. The van der Waals surface area contributed by atoms with E-state index >= 15 is 0 Å². The Labute approximate surface area is 133 Å². The molecule has 0 aliphatic heterocycles. The van der Waals surface area contributed by atoms with Crippen molar-refractivity contribution >= 4 is 21.7 Å². The van der Waals surface area contributed by atoms with Crippen LogP contribution in [0.4, 0.5) is 10.1 Å². The Morgan fingerprint density at radius 2 is 1.96 bits per heavy atom. The summed E-state index contributed by atoms with van der Waals surface area (Å²) in [5.74, 6) is -0.155. The third-order valence-corrected chi connectivity index (χ3v) is 4.98. The van der Waals surface area contributed by atoms with Crippen LogP contribution in [0.3, 0.4) is 0 Å². The van der Waals surface area contributed by atoms with Gasteiger partial charge in [-0.25, -0.2) is 17.6 Å². The molecule has 0 heterocycles. The van der Waals surface area contributed by atoms with Crippen LogP contribution in [0.2, 0.25) is 0 Å². The Morgan fingerprint density at radius 3 is 2.57 bits per heavy atom. The summed E-state index contributed by atoms with van der Waals surface area (Å²) in [5.41, 5.74) is 0.0911. The Kier molecular flexibility index (Phi) is 4.38. The molecule has 0 atom stereocenters. The zero-order chi connectivity index (χ0) is 17.2. The van der Waals surface area contributed by atoms with Gasteiger partial charge in [0.25, 0.3) is 10.0 Å². The summed E-state index contributed by atoms with van der Waals surface area (Å²) in [4.78, 5) is 10.6. The third kappa shape index (κ3) is 3.17. The summed E-state index contributed by atoms with van der Waals surface area (Å²) in [6.45, 7) is 0. The maximum absolute atomic E-state index is 13.4. The molecule has 5 nitrogen and oxygen atoms in total. The Morgan fingerprint density at radius 1 is 1.26 bits per heavy atom. The van der Waals surface area contributed by atoms with E-state index in [4.69, 9.17) is 11.5 Å². The molecule has 118 valence electrons. The first kappa shape index (κ1) is 16.5. The average molecular weight is 333 g/mol. The molecule has 0 spiro atoms. The maximum Gasteiger partial charge on any atom is 0.338 e. The number of terminal acetylenes is 1. The summed E-state index contributed by atoms with van der Waals surface area (Å²) in [7, 11) is -2.75.